The zero-order chi connectivity index (χ0) is 22.3. The Morgan fingerprint density at radius 2 is 1.26 bits per heavy atom. The van der Waals surface area contributed by atoms with E-state index in [0.29, 0.717) is 0 Å². The molecule has 0 unspecified atom stereocenters. The summed E-state index contributed by atoms with van der Waals surface area (Å²) in [5, 5.41) is 2.14. The molecule has 0 saturated carbocycles. The fraction of sp³-hybridized carbons (Fsp3) is 0.464. The first kappa shape index (κ1) is 24.1. The minimum atomic E-state index is -2.72. The zero-order valence-corrected chi connectivity index (χ0v) is 22.8. The molecule has 0 atom stereocenters. The molecule has 0 bridgehead atoms. The summed E-state index contributed by atoms with van der Waals surface area (Å²) in [6.45, 7) is 9.06. The molecule has 2 nitrogen and oxygen atoms in total. The van der Waals surface area contributed by atoms with E-state index in [2.05, 4.69) is 70.3 Å². The molecule has 0 amide bonds. The van der Waals surface area contributed by atoms with E-state index in [9.17, 15) is 4.79 Å². The fourth-order valence-electron chi connectivity index (χ4n) is 4.94. The maximum absolute atomic E-state index is 13.5. The number of unbranched alkanes of at least 4 members (excludes halogenated alkanes) is 3. The van der Waals surface area contributed by atoms with Crippen LogP contribution in [-0.4, -0.2) is 22.9 Å². The SMILES string of the molecule is CCC[CH2][Sn]([CH2]CCC)([CH2]CCC)[c]1cn(-c2ccc(C)cc2)c(=O)c2ccccc12. The molecule has 0 aliphatic rings. The Bertz CT molecular complexity index is 1010. The average molecular weight is 524 g/mol. The van der Waals surface area contributed by atoms with E-state index in [1.165, 1.54) is 62.8 Å². The fourth-order valence-corrected chi connectivity index (χ4v) is 21.6. The van der Waals surface area contributed by atoms with Crippen LogP contribution in [0.3, 0.4) is 0 Å². The Morgan fingerprint density at radius 1 is 0.742 bits per heavy atom. The number of hydrogen-bond acceptors (Lipinski definition) is 1. The second-order valence-electron chi connectivity index (χ2n) is 9.19. The normalized spacial score (nSPS) is 11.9. The summed E-state index contributed by atoms with van der Waals surface area (Å²) in [5.74, 6) is 0. The van der Waals surface area contributed by atoms with Crippen molar-refractivity contribution in [2.75, 3.05) is 0 Å². The molecule has 0 N–H and O–H groups in total. The van der Waals surface area contributed by atoms with Crippen molar-refractivity contribution in [3.05, 3.63) is 70.6 Å². The number of hydrogen-bond donors (Lipinski definition) is 0. The van der Waals surface area contributed by atoms with Crippen LogP contribution >= 0.6 is 0 Å². The molecular formula is C28H39NOSn. The van der Waals surface area contributed by atoms with Crippen LogP contribution in [0.25, 0.3) is 16.5 Å². The van der Waals surface area contributed by atoms with Gasteiger partial charge in [0.2, 0.25) is 0 Å². The quantitative estimate of drug-likeness (QED) is 0.241. The molecule has 2 aromatic carbocycles. The molecule has 1 heterocycles. The topological polar surface area (TPSA) is 22.0 Å². The molecule has 0 fully saturated rings. The van der Waals surface area contributed by atoms with E-state index in [1.54, 1.807) is 3.58 Å². The van der Waals surface area contributed by atoms with Gasteiger partial charge in [-0.05, 0) is 0 Å². The third-order valence-electron chi connectivity index (χ3n) is 6.83. The second kappa shape index (κ2) is 11.4. The number of rotatable bonds is 11. The summed E-state index contributed by atoms with van der Waals surface area (Å²) in [6, 6.07) is 16.8. The van der Waals surface area contributed by atoms with Crippen molar-refractivity contribution in [3.8, 4) is 5.69 Å². The van der Waals surface area contributed by atoms with Gasteiger partial charge in [0, 0.05) is 0 Å². The van der Waals surface area contributed by atoms with E-state index in [-0.39, 0.29) is 5.56 Å². The van der Waals surface area contributed by atoms with Crippen LogP contribution in [0.15, 0.2) is 59.5 Å². The first-order chi connectivity index (χ1) is 15.1. The number of nitrogens with zero attached hydrogens (tertiary/aromatic N) is 1. The van der Waals surface area contributed by atoms with Gasteiger partial charge in [0.05, 0.1) is 0 Å². The van der Waals surface area contributed by atoms with Crippen molar-refractivity contribution >= 4 is 32.7 Å². The van der Waals surface area contributed by atoms with Crippen LogP contribution in [0.2, 0.25) is 13.3 Å². The Morgan fingerprint density at radius 3 is 1.77 bits per heavy atom. The first-order valence-corrected chi connectivity index (χ1v) is 19.8. The predicted octanol–water partition coefficient (Wildman–Crippen LogP) is 7.36. The Balaban J connectivity index is 2.30. The summed E-state index contributed by atoms with van der Waals surface area (Å²) < 4.78 is 7.75. The monoisotopic (exact) mass is 525 g/mol. The van der Waals surface area contributed by atoms with Crippen LogP contribution in [0.4, 0.5) is 0 Å². The zero-order valence-electron chi connectivity index (χ0n) is 19.9. The number of pyridine rings is 1. The van der Waals surface area contributed by atoms with Gasteiger partial charge in [-0.15, -0.1) is 0 Å². The molecular weight excluding hydrogens is 485 g/mol. The summed E-state index contributed by atoms with van der Waals surface area (Å²) in [6.07, 6.45) is 10.0. The molecule has 3 heteroatoms. The van der Waals surface area contributed by atoms with Gasteiger partial charge in [0.25, 0.3) is 0 Å². The molecule has 0 aliphatic carbocycles. The standard InChI is InChI=1S/C16H12NO.3C4H9.Sn/c1-12-6-8-14(9-7-12)17-11-10-13-4-2-3-5-15(13)16(17)18;3*1-3-4-2;/h2-9,11H,1H3;3*1,3-4H2,2H3;. The van der Waals surface area contributed by atoms with Crippen LogP contribution < -0.4 is 9.14 Å². The summed E-state index contributed by atoms with van der Waals surface area (Å²) >= 11 is -2.72. The van der Waals surface area contributed by atoms with Crippen molar-refractivity contribution in [2.24, 2.45) is 0 Å². The predicted molar refractivity (Wildman–Crippen MR) is 139 cm³/mol. The van der Waals surface area contributed by atoms with Gasteiger partial charge in [0.15, 0.2) is 0 Å². The summed E-state index contributed by atoms with van der Waals surface area (Å²) in [4.78, 5) is 13.5. The van der Waals surface area contributed by atoms with Crippen molar-refractivity contribution in [3.63, 3.8) is 0 Å². The van der Waals surface area contributed by atoms with Gasteiger partial charge in [-0.25, -0.2) is 0 Å². The third-order valence-corrected chi connectivity index (χ3v) is 22.5. The second-order valence-corrected chi connectivity index (χ2v) is 22.3. The van der Waals surface area contributed by atoms with Crippen LogP contribution in [0.5, 0.6) is 0 Å². The molecule has 1 aromatic heterocycles. The van der Waals surface area contributed by atoms with Gasteiger partial charge in [-0.2, -0.15) is 0 Å². The number of aryl methyl sites for hydroxylation is 1. The summed E-state index contributed by atoms with van der Waals surface area (Å²) in [5.41, 5.74) is 2.33. The van der Waals surface area contributed by atoms with Crippen molar-refractivity contribution in [1.29, 1.82) is 0 Å². The first-order valence-electron chi connectivity index (χ1n) is 12.3. The molecule has 166 valence electrons. The average Bonchev–Trinajstić information content (AvgIpc) is 2.80. The Labute approximate surface area is 192 Å². The van der Waals surface area contributed by atoms with Crippen LogP contribution in [0.1, 0.15) is 64.9 Å². The molecule has 3 rings (SSSR count). The Hall–Kier alpha value is -1.55. The van der Waals surface area contributed by atoms with Gasteiger partial charge in [0.1, 0.15) is 0 Å². The van der Waals surface area contributed by atoms with Crippen LogP contribution in [-0.2, 0) is 0 Å². The number of aromatic nitrogens is 1. The van der Waals surface area contributed by atoms with Gasteiger partial charge < -0.3 is 0 Å². The molecule has 0 aliphatic heterocycles. The van der Waals surface area contributed by atoms with Crippen molar-refractivity contribution in [1.82, 2.24) is 4.57 Å². The van der Waals surface area contributed by atoms with E-state index >= 15 is 0 Å². The molecule has 31 heavy (non-hydrogen) atoms. The minimum absolute atomic E-state index is 0.116. The summed E-state index contributed by atoms with van der Waals surface area (Å²) in [7, 11) is 0. The molecule has 0 radical (unpaired) electrons. The third kappa shape index (κ3) is 5.45. The van der Waals surface area contributed by atoms with E-state index in [4.69, 9.17) is 0 Å². The maximum atomic E-state index is 13.5. The van der Waals surface area contributed by atoms with Crippen molar-refractivity contribution in [2.45, 2.75) is 79.5 Å². The van der Waals surface area contributed by atoms with Gasteiger partial charge >= 0.3 is 193 Å². The van der Waals surface area contributed by atoms with Crippen LogP contribution in [0, 0.1) is 6.92 Å². The van der Waals surface area contributed by atoms with E-state index < -0.39 is 18.4 Å². The molecule has 0 spiro atoms. The van der Waals surface area contributed by atoms with E-state index in [0.717, 1.165) is 11.1 Å². The van der Waals surface area contributed by atoms with Gasteiger partial charge in [-0.3, -0.25) is 0 Å². The van der Waals surface area contributed by atoms with Gasteiger partial charge in [-0.1, -0.05) is 0 Å². The Kier molecular flexibility index (Phi) is 8.83. The number of fused-ring (bicyclic) bond motifs is 1. The van der Waals surface area contributed by atoms with E-state index in [1.807, 2.05) is 16.7 Å². The van der Waals surface area contributed by atoms with Crippen molar-refractivity contribution < 1.29 is 0 Å². The number of benzene rings is 2. The molecule has 0 saturated heterocycles. The molecule has 3 aromatic rings.